The summed E-state index contributed by atoms with van der Waals surface area (Å²) in [7, 11) is -3.45. The third kappa shape index (κ3) is 2.86. The maximum atomic E-state index is 12.6. The van der Waals surface area contributed by atoms with E-state index >= 15 is 0 Å². The average molecular weight is 303 g/mol. The summed E-state index contributed by atoms with van der Waals surface area (Å²) in [4.78, 5) is 0.800. The van der Waals surface area contributed by atoms with Gasteiger partial charge >= 0.3 is 0 Å². The first kappa shape index (κ1) is 15.0. The van der Waals surface area contributed by atoms with Crippen LogP contribution in [0.5, 0.6) is 0 Å². The van der Waals surface area contributed by atoms with Crippen molar-refractivity contribution in [2.75, 3.05) is 13.1 Å². The fourth-order valence-corrected chi connectivity index (χ4v) is 5.23. The van der Waals surface area contributed by atoms with Gasteiger partial charge in [0.05, 0.1) is 11.5 Å². The second kappa shape index (κ2) is 5.16. The number of aliphatic hydroxyl groups excluding tert-OH is 1. The molecule has 1 aliphatic heterocycles. The van der Waals surface area contributed by atoms with Gasteiger partial charge in [-0.2, -0.15) is 4.31 Å². The Hall–Kier alpha value is -0.430. The van der Waals surface area contributed by atoms with Gasteiger partial charge in [-0.3, -0.25) is 0 Å². The maximum absolute atomic E-state index is 12.6. The lowest BCUT2D eigenvalue weighted by Gasteiger charge is -2.26. The van der Waals surface area contributed by atoms with E-state index in [2.05, 4.69) is 20.8 Å². The van der Waals surface area contributed by atoms with E-state index in [1.165, 1.54) is 11.3 Å². The smallest absolute Gasteiger partial charge is 0.244 e. The monoisotopic (exact) mass is 303 g/mol. The normalized spacial score (nSPS) is 22.0. The zero-order valence-corrected chi connectivity index (χ0v) is 13.2. The SMILES string of the molecule is CC(C)(C)C1CCN(S(=O)(=O)c2ccsc2CO)C1. The number of aliphatic hydroxyl groups is 1. The van der Waals surface area contributed by atoms with Crippen LogP contribution in [0.3, 0.4) is 0 Å². The average Bonchev–Trinajstić information content (AvgIpc) is 2.97. The van der Waals surface area contributed by atoms with E-state index in [9.17, 15) is 13.5 Å². The van der Waals surface area contributed by atoms with Gasteiger partial charge in [-0.1, -0.05) is 20.8 Å². The van der Waals surface area contributed by atoms with Crippen LogP contribution >= 0.6 is 11.3 Å². The first-order valence-corrected chi connectivity index (χ1v) is 8.76. The molecule has 4 nitrogen and oxygen atoms in total. The van der Waals surface area contributed by atoms with Crippen molar-refractivity contribution in [1.82, 2.24) is 4.31 Å². The number of rotatable bonds is 3. The van der Waals surface area contributed by atoms with Gasteiger partial charge in [-0.05, 0) is 29.2 Å². The van der Waals surface area contributed by atoms with E-state index in [0.717, 1.165) is 6.42 Å². The van der Waals surface area contributed by atoms with Gasteiger partial charge in [0, 0.05) is 18.0 Å². The molecule has 2 heterocycles. The maximum Gasteiger partial charge on any atom is 0.244 e. The summed E-state index contributed by atoms with van der Waals surface area (Å²) in [5, 5.41) is 10.9. The molecule has 0 aliphatic carbocycles. The highest BCUT2D eigenvalue weighted by atomic mass is 32.2. The molecule has 2 rings (SSSR count). The summed E-state index contributed by atoms with van der Waals surface area (Å²) in [6, 6.07) is 1.59. The number of thiophene rings is 1. The molecule has 0 amide bonds. The van der Waals surface area contributed by atoms with Crippen molar-refractivity contribution in [3.8, 4) is 0 Å². The first-order chi connectivity index (χ1) is 8.76. The van der Waals surface area contributed by atoms with E-state index < -0.39 is 10.0 Å². The molecule has 0 bridgehead atoms. The van der Waals surface area contributed by atoms with Crippen molar-refractivity contribution in [1.29, 1.82) is 0 Å². The van der Waals surface area contributed by atoms with Crippen LogP contribution in [0.25, 0.3) is 0 Å². The van der Waals surface area contributed by atoms with Crippen LogP contribution in [0.2, 0.25) is 0 Å². The molecule has 1 N–H and O–H groups in total. The number of hydrogen-bond donors (Lipinski definition) is 1. The van der Waals surface area contributed by atoms with Crippen LogP contribution < -0.4 is 0 Å². The van der Waals surface area contributed by atoms with Crippen molar-refractivity contribution < 1.29 is 13.5 Å². The van der Waals surface area contributed by atoms with Gasteiger partial charge in [0.25, 0.3) is 0 Å². The summed E-state index contributed by atoms with van der Waals surface area (Å²) in [5.74, 6) is 0.387. The van der Waals surface area contributed by atoms with Crippen molar-refractivity contribution in [3.05, 3.63) is 16.3 Å². The number of nitrogens with zero attached hydrogens (tertiary/aromatic N) is 1. The molecule has 0 spiro atoms. The van der Waals surface area contributed by atoms with Crippen LogP contribution in [0.15, 0.2) is 16.3 Å². The Labute approximate surface area is 119 Å². The predicted molar refractivity (Wildman–Crippen MR) is 76.6 cm³/mol. The summed E-state index contributed by atoms with van der Waals surface area (Å²) in [6.45, 7) is 7.38. The Bertz CT molecular complexity index is 542. The quantitative estimate of drug-likeness (QED) is 0.932. The highest BCUT2D eigenvalue weighted by Crippen LogP contribution is 2.36. The molecule has 1 atom stereocenters. The molecule has 1 saturated heterocycles. The Morgan fingerprint density at radius 1 is 1.47 bits per heavy atom. The highest BCUT2D eigenvalue weighted by Gasteiger charge is 2.38. The molecule has 1 fully saturated rings. The van der Waals surface area contributed by atoms with Crippen LogP contribution in [-0.2, 0) is 16.6 Å². The molecular formula is C13H21NO3S2. The van der Waals surface area contributed by atoms with Gasteiger partial charge < -0.3 is 5.11 Å². The molecule has 1 aliphatic rings. The largest absolute Gasteiger partial charge is 0.391 e. The van der Waals surface area contributed by atoms with Crippen molar-refractivity contribution in [2.45, 2.75) is 38.7 Å². The third-order valence-electron chi connectivity index (χ3n) is 3.84. The number of sulfonamides is 1. The number of hydrogen-bond acceptors (Lipinski definition) is 4. The fourth-order valence-electron chi connectivity index (χ4n) is 2.47. The Kier molecular flexibility index (Phi) is 4.07. The predicted octanol–water partition coefficient (Wildman–Crippen LogP) is 2.30. The Balaban J connectivity index is 2.23. The van der Waals surface area contributed by atoms with Crippen molar-refractivity contribution in [3.63, 3.8) is 0 Å². The molecule has 0 radical (unpaired) electrons. The highest BCUT2D eigenvalue weighted by molar-refractivity contribution is 7.89. The molecular weight excluding hydrogens is 282 g/mol. The second-order valence-corrected chi connectivity index (χ2v) is 8.99. The lowest BCUT2D eigenvalue weighted by Crippen LogP contribution is -2.31. The standard InChI is InChI=1S/C13H21NO3S2/c1-13(2,3)10-4-6-14(8-10)19(16,17)12-5-7-18-11(12)9-15/h5,7,10,15H,4,6,8-9H2,1-3H3. The molecule has 19 heavy (non-hydrogen) atoms. The lowest BCUT2D eigenvalue weighted by atomic mass is 9.80. The van der Waals surface area contributed by atoms with Crippen LogP contribution in [0.4, 0.5) is 0 Å². The van der Waals surface area contributed by atoms with Gasteiger partial charge in [0.2, 0.25) is 10.0 Å². The van der Waals surface area contributed by atoms with E-state index in [1.54, 1.807) is 15.8 Å². The Morgan fingerprint density at radius 3 is 2.68 bits per heavy atom. The van der Waals surface area contributed by atoms with Gasteiger partial charge in [0.15, 0.2) is 0 Å². The molecule has 1 aromatic rings. The van der Waals surface area contributed by atoms with Gasteiger partial charge in [-0.15, -0.1) is 11.3 Å². The van der Waals surface area contributed by atoms with Gasteiger partial charge in [0.1, 0.15) is 0 Å². The molecule has 0 aromatic carbocycles. The topological polar surface area (TPSA) is 57.6 Å². The summed E-state index contributed by atoms with van der Waals surface area (Å²) in [5.41, 5.74) is 0.124. The summed E-state index contributed by atoms with van der Waals surface area (Å²) in [6.07, 6.45) is 0.904. The molecule has 1 unspecified atom stereocenters. The first-order valence-electron chi connectivity index (χ1n) is 6.44. The van der Waals surface area contributed by atoms with Crippen molar-refractivity contribution >= 4 is 21.4 Å². The van der Waals surface area contributed by atoms with Crippen LogP contribution in [0.1, 0.15) is 32.1 Å². The zero-order chi connectivity index (χ0) is 14.3. The molecule has 6 heteroatoms. The van der Waals surface area contributed by atoms with E-state index in [1.807, 2.05) is 0 Å². The third-order valence-corrected chi connectivity index (χ3v) is 6.83. The van der Waals surface area contributed by atoms with E-state index in [0.29, 0.717) is 23.9 Å². The van der Waals surface area contributed by atoms with E-state index in [-0.39, 0.29) is 16.9 Å². The second-order valence-electron chi connectivity index (χ2n) is 6.08. The lowest BCUT2D eigenvalue weighted by molar-refractivity contribution is 0.251. The minimum Gasteiger partial charge on any atom is -0.391 e. The minimum atomic E-state index is -3.45. The summed E-state index contributed by atoms with van der Waals surface area (Å²) >= 11 is 1.29. The molecule has 108 valence electrons. The fraction of sp³-hybridized carbons (Fsp3) is 0.692. The Morgan fingerprint density at radius 2 is 2.16 bits per heavy atom. The van der Waals surface area contributed by atoms with E-state index in [4.69, 9.17) is 0 Å². The zero-order valence-electron chi connectivity index (χ0n) is 11.6. The summed E-state index contributed by atoms with van der Waals surface area (Å²) < 4.78 is 26.7. The van der Waals surface area contributed by atoms with Crippen molar-refractivity contribution in [2.24, 2.45) is 11.3 Å². The minimum absolute atomic E-state index is 0.124. The van der Waals surface area contributed by atoms with Gasteiger partial charge in [-0.25, -0.2) is 8.42 Å². The van der Waals surface area contributed by atoms with Crippen LogP contribution in [-0.4, -0.2) is 30.9 Å². The van der Waals surface area contributed by atoms with Crippen LogP contribution in [0, 0.1) is 11.3 Å². The molecule has 1 aromatic heterocycles. The molecule has 0 saturated carbocycles.